The van der Waals surface area contributed by atoms with Gasteiger partial charge in [0.25, 0.3) is 0 Å². The van der Waals surface area contributed by atoms with E-state index >= 15 is 0 Å². The Morgan fingerprint density at radius 1 is 0.905 bits per heavy atom. The Morgan fingerprint density at radius 3 is 2.29 bits per heavy atom. The van der Waals surface area contributed by atoms with Gasteiger partial charge >= 0.3 is 0 Å². The van der Waals surface area contributed by atoms with Crippen LogP contribution in [0.2, 0.25) is 0 Å². The minimum atomic E-state index is 0.621. The predicted octanol–water partition coefficient (Wildman–Crippen LogP) is 3.56. The molecule has 0 aliphatic heterocycles. The van der Waals surface area contributed by atoms with E-state index in [9.17, 15) is 0 Å². The maximum atomic E-state index is 5.77. The lowest BCUT2D eigenvalue weighted by Gasteiger charge is -2.12. The molecule has 0 radical (unpaired) electrons. The quantitative estimate of drug-likeness (QED) is 0.752. The SMILES string of the molecule is CCOc1ccccc1OCCNCc1ccccc1C. The van der Waals surface area contributed by atoms with E-state index in [2.05, 4.69) is 36.5 Å². The smallest absolute Gasteiger partial charge is 0.161 e. The third kappa shape index (κ3) is 4.80. The average Bonchev–Trinajstić information content (AvgIpc) is 2.50. The Balaban J connectivity index is 1.74. The van der Waals surface area contributed by atoms with Crippen LogP contribution in [0, 0.1) is 6.92 Å². The van der Waals surface area contributed by atoms with Crippen LogP contribution in [0.1, 0.15) is 18.1 Å². The maximum absolute atomic E-state index is 5.77. The Bertz CT molecular complexity index is 554. The van der Waals surface area contributed by atoms with E-state index in [1.54, 1.807) is 0 Å². The van der Waals surface area contributed by atoms with Crippen molar-refractivity contribution < 1.29 is 9.47 Å². The highest BCUT2D eigenvalue weighted by molar-refractivity contribution is 5.39. The van der Waals surface area contributed by atoms with Gasteiger partial charge in [-0.1, -0.05) is 36.4 Å². The van der Waals surface area contributed by atoms with Crippen LogP contribution in [0.5, 0.6) is 11.5 Å². The molecule has 2 aromatic rings. The molecule has 0 fully saturated rings. The number of para-hydroxylation sites is 2. The molecule has 0 aliphatic rings. The second kappa shape index (κ2) is 8.32. The Kier molecular flexibility index (Phi) is 6.10. The van der Waals surface area contributed by atoms with E-state index in [0.717, 1.165) is 24.6 Å². The summed E-state index contributed by atoms with van der Waals surface area (Å²) < 4.78 is 11.3. The molecule has 0 saturated carbocycles. The molecule has 0 unspecified atom stereocenters. The van der Waals surface area contributed by atoms with Gasteiger partial charge in [-0.2, -0.15) is 0 Å². The fourth-order valence-electron chi connectivity index (χ4n) is 2.11. The van der Waals surface area contributed by atoms with Crippen molar-refractivity contribution in [2.45, 2.75) is 20.4 Å². The zero-order valence-corrected chi connectivity index (χ0v) is 12.8. The molecule has 0 amide bonds. The van der Waals surface area contributed by atoms with Crippen molar-refractivity contribution in [1.29, 1.82) is 0 Å². The molecule has 112 valence electrons. The van der Waals surface area contributed by atoms with Crippen molar-refractivity contribution in [2.24, 2.45) is 0 Å². The number of aryl methyl sites for hydroxylation is 1. The van der Waals surface area contributed by atoms with Crippen molar-refractivity contribution in [3.05, 3.63) is 59.7 Å². The van der Waals surface area contributed by atoms with Gasteiger partial charge < -0.3 is 14.8 Å². The van der Waals surface area contributed by atoms with Gasteiger partial charge in [0.1, 0.15) is 6.61 Å². The molecule has 0 saturated heterocycles. The van der Waals surface area contributed by atoms with E-state index in [4.69, 9.17) is 9.47 Å². The van der Waals surface area contributed by atoms with Crippen LogP contribution in [0.15, 0.2) is 48.5 Å². The highest BCUT2D eigenvalue weighted by Crippen LogP contribution is 2.25. The summed E-state index contributed by atoms with van der Waals surface area (Å²) in [7, 11) is 0. The topological polar surface area (TPSA) is 30.5 Å². The van der Waals surface area contributed by atoms with Crippen LogP contribution in [0.25, 0.3) is 0 Å². The van der Waals surface area contributed by atoms with E-state index in [0.29, 0.717) is 13.2 Å². The molecule has 3 heteroatoms. The first kappa shape index (κ1) is 15.4. The number of hydrogen-bond acceptors (Lipinski definition) is 3. The lowest BCUT2D eigenvalue weighted by molar-refractivity contribution is 0.275. The summed E-state index contributed by atoms with van der Waals surface area (Å²) in [6.07, 6.45) is 0. The minimum absolute atomic E-state index is 0.621. The van der Waals surface area contributed by atoms with Crippen LogP contribution in [0.4, 0.5) is 0 Å². The first-order valence-corrected chi connectivity index (χ1v) is 7.41. The number of rotatable bonds is 8. The fraction of sp³-hybridized carbons (Fsp3) is 0.333. The van der Waals surface area contributed by atoms with E-state index < -0.39 is 0 Å². The van der Waals surface area contributed by atoms with Crippen LogP contribution in [0.3, 0.4) is 0 Å². The summed E-state index contributed by atoms with van der Waals surface area (Å²) in [6.45, 7) is 7.03. The summed E-state index contributed by atoms with van der Waals surface area (Å²) >= 11 is 0. The third-order valence-corrected chi connectivity index (χ3v) is 3.26. The molecule has 0 heterocycles. The van der Waals surface area contributed by atoms with E-state index in [1.807, 2.05) is 31.2 Å². The maximum Gasteiger partial charge on any atom is 0.161 e. The Labute approximate surface area is 126 Å². The molecule has 0 aromatic heterocycles. The number of hydrogen-bond donors (Lipinski definition) is 1. The van der Waals surface area contributed by atoms with Crippen molar-refractivity contribution in [1.82, 2.24) is 5.32 Å². The summed E-state index contributed by atoms with van der Waals surface area (Å²) in [4.78, 5) is 0. The molecule has 0 bridgehead atoms. The first-order valence-electron chi connectivity index (χ1n) is 7.41. The summed E-state index contributed by atoms with van der Waals surface area (Å²) in [5.74, 6) is 1.61. The van der Waals surface area contributed by atoms with Crippen LogP contribution >= 0.6 is 0 Å². The van der Waals surface area contributed by atoms with Crippen molar-refractivity contribution in [3.8, 4) is 11.5 Å². The molecule has 21 heavy (non-hydrogen) atoms. The fourth-order valence-corrected chi connectivity index (χ4v) is 2.11. The first-order chi connectivity index (χ1) is 10.3. The number of benzene rings is 2. The average molecular weight is 285 g/mol. The molecule has 1 N–H and O–H groups in total. The molecule has 2 rings (SSSR count). The van der Waals surface area contributed by atoms with Gasteiger partial charge in [-0.15, -0.1) is 0 Å². The van der Waals surface area contributed by atoms with Crippen LogP contribution in [-0.4, -0.2) is 19.8 Å². The normalized spacial score (nSPS) is 10.4. The van der Waals surface area contributed by atoms with Crippen molar-refractivity contribution >= 4 is 0 Å². The third-order valence-electron chi connectivity index (χ3n) is 3.26. The van der Waals surface area contributed by atoms with Gasteiger partial charge in [-0.3, -0.25) is 0 Å². The highest BCUT2D eigenvalue weighted by Gasteiger charge is 2.03. The molecule has 0 aliphatic carbocycles. The lowest BCUT2D eigenvalue weighted by Crippen LogP contribution is -2.21. The largest absolute Gasteiger partial charge is 0.490 e. The molecule has 2 aromatic carbocycles. The standard InChI is InChI=1S/C18H23NO2/c1-3-20-17-10-6-7-11-18(17)21-13-12-19-14-16-9-5-4-8-15(16)2/h4-11,19H,3,12-14H2,1-2H3. The monoisotopic (exact) mass is 285 g/mol. The lowest BCUT2D eigenvalue weighted by atomic mass is 10.1. The molecule has 0 atom stereocenters. The molecular weight excluding hydrogens is 262 g/mol. The Morgan fingerprint density at radius 2 is 1.57 bits per heavy atom. The summed E-state index contributed by atoms with van der Waals surface area (Å²) in [5, 5.41) is 3.40. The van der Waals surface area contributed by atoms with Crippen molar-refractivity contribution in [2.75, 3.05) is 19.8 Å². The van der Waals surface area contributed by atoms with Crippen LogP contribution < -0.4 is 14.8 Å². The van der Waals surface area contributed by atoms with Gasteiger partial charge in [0.2, 0.25) is 0 Å². The second-order valence-electron chi connectivity index (χ2n) is 4.83. The number of nitrogens with one attached hydrogen (secondary N) is 1. The van der Waals surface area contributed by atoms with Gasteiger partial charge in [0, 0.05) is 13.1 Å². The van der Waals surface area contributed by atoms with Crippen molar-refractivity contribution in [3.63, 3.8) is 0 Å². The zero-order valence-electron chi connectivity index (χ0n) is 12.8. The van der Waals surface area contributed by atoms with E-state index in [-0.39, 0.29) is 0 Å². The zero-order chi connectivity index (χ0) is 14.9. The molecule has 3 nitrogen and oxygen atoms in total. The van der Waals surface area contributed by atoms with E-state index in [1.165, 1.54) is 11.1 Å². The predicted molar refractivity (Wildman–Crippen MR) is 86.0 cm³/mol. The molecular formula is C18H23NO2. The van der Waals surface area contributed by atoms with Gasteiger partial charge in [0.05, 0.1) is 6.61 Å². The van der Waals surface area contributed by atoms with Gasteiger partial charge in [-0.05, 0) is 37.1 Å². The number of ether oxygens (including phenoxy) is 2. The molecule has 0 spiro atoms. The van der Waals surface area contributed by atoms with Gasteiger partial charge in [-0.25, -0.2) is 0 Å². The van der Waals surface area contributed by atoms with Gasteiger partial charge in [0.15, 0.2) is 11.5 Å². The summed E-state index contributed by atoms with van der Waals surface area (Å²) in [6, 6.07) is 16.2. The highest BCUT2D eigenvalue weighted by atomic mass is 16.5. The minimum Gasteiger partial charge on any atom is -0.490 e. The Hall–Kier alpha value is -2.00. The summed E-state index contributed by atoms with van der Waals surface area (Å²) in [5.41, 5.74) is 2.64. The van der Waals surface area contributed by atoms with Crippen LogP contribution in [-0.2, 0) is 6.54 Å². The second-order valence-corrected chi connectivity index (χ2v) is 4.83.